The van der Waals surface area contributed by atoms with E-state index in [4.69, 9.17) is 14.2 Å². The molecule has 3 unspecified atom stereocenters. The van der Waals surface area contributed by atoms with Gasteiger partial charge in [0.25, 0.3) is 5.91 Å². The summed E-state index contributed by atoms with van der Waals surface area (Å²) in [6, 6.07) is 6.20. The number of esters is 1. The van der Waals surface area contributed by atoms with Crippen molar-refractivity contribution in [2.45, 2.75) is 63.2 Å². The molecule has 4 rings (SSSR count). The third-order valence-electron chi connectivity index (χ3n) is 8.87. The summed E-state index contributed by atoms with van der Waals surface area (Å²) < 4.78 is 17.7. The second kappa shape index (κ2) is 12.1. The second-order valence-corrected chi connectivity index (χ2v) is 11.2. The quantitative estimate of drug-likeness (QED) is 0.213. The van der Waals surface area contributed by atoms with E-state index < -0.39 is 35.0 Å². The number of aliphatic hydroxyl groups excluding tert-OH is 1. The van der Waals surface area contributed by atoms with Crippen LogP contribution >= 0.6 is 0 Å². The van der Waals surface area contributed by atoms with Gasteiger partial charge in [-0.3, -0.25) is 14.4 Å². The van der Waals surface area contributed by atoms with E-state index in [9.17, 15) is 19.5 Å². The van der Waals surface area contributed by atoms with E-state index in [0.717, 1.165) is 0 Å². The van der Waals surface area contributed by atoms with Crippen molar-refractivity contribution in [3.8, 4) is 5.75 Å². The highest BCUT2D eigenvalue weighted by Gasteiger charge is 2.80. The fourth-order valence-corrected chi connectivity index (χ4v) is 6.86. The first-order valence-corrected chi connectivity index (χ1v) is 14.2. The highest BCUT2D eigenvalue weighted by Crippen LogP contribution is 2.65. The summed E-state index contributed by atoms with van der Waals surface area (Å²) in [5.74, 6) is -2.09. The number of anilines is 1. The van der Waals surface area contributed by atoms with Crippen molar-refractivity contribution in [2.75, 3.05) is 38.3 Å². The van der Waals surface area contributed by atoms with Crippen LogP contribution in [0.2, 0.25) is 0 Å². The molecule has 3 fully saturated rings. The maximum absolute atomic E-state index is 14.5. The van der Waals surface area contributed by atoms with Gasteiger partial charge in [-0.2, -0.15) is 0 Å². The lowest BCUT2D eigenvalue weighted by Crippen LogP contribution is -2.57. The molecule has 0 radical (unpaired) electrons. The maximum atomic E-state index is 14.5. The molecule has 2 amide bonds. The number of nitrogens with zero attached hydrogens (tertiary/aromatic N) is 2. The van der Waals surface area contributed by atoms with Gasteiger partial charge in [-0.25, -0.2) is 0 Å². The molecule has 0 saturated carbocycles. The van der Waals surface area contributed by atoms with Crippen molar-refractivity contribution in [3.05, 3.63) is 49.6 Å². The Hall–Kier alpha value is -3.17. The highest BCUT2D eigenvalue weighted by molar-refractivity contribution is 6.04. The highest BCUT2D eigenvalue weighted by atomic mass is 16.6. The number of ether oxygens (including phenoxy) is 3. The summed E-state index contributed by atoms with van der Waals surface area (Å²) in [7, 11) is 1.58. The van der Waals surface area contributed by atoms with Gasteiger partial charge in [0.2, 0.25) is 5.91 Å². The second-order valence-electron chi connectivity index (χ2n) is 11.2. The van der Waals surface area contributed by atoms with Gasteiger partial charge in [0.15, 0.2) is 0 Å². The van der Waals surface area contributed by atoms with Crippen LogP contribution < -0.4 is 9.64 Å². The van der Waals surface area contributed by atoms with Gasteiger partial charge in [-0.1, -0.05) is 19.1 Å². The van der Waals surface area contributed by atoms with Crippen molar-refractivity contribution in [3.63, 3.8) is 0 Å². The minimum absolute atomic E-state index is 0.0189. The summed E-state index contributed by atoms with van der Waals surface area (Å²) >= 11 is 0. The van der Waals surface area contributed by atoms with Gasteiger partial charge in [0.1, 0.15) is 23.3 Å². The lowest BCUT2D eigenvalue weighted by molar-refractivity contribution is -0.161. The Kier molecular flexibility index (Phi) is 9.05. The van der Waals surface area contributed by atoms with Gasteiger partial charge in [0.05, 0.1) is 25.2 Å². The Morgan fingerprint density at radius 3 is 2.55 bits per heavy atom. The molecule has 1 spiro atoms. The number of rotatable bonds is 14. The summed E-state index contributed by atoms with van der Waals surface area (Å²) in [6.45, 7) is 12.1. The van der Waals surface area contributed by atoms with Gasteiger partial charge in [-0.15, -0.1) is 13.2 Å². The van der Waals surface area contributed by atoms with Crippen LogP contribution in [0.25, 0.3) is 0 Å². The van der Waals surface area contributed by atoms with Crippen LogP contribution in [-0.4, -0.2) is 78.4 Å². The van der Waals surface area contributed by atoms with E-state index in [1.165, 1.54) is 0 Å². The van der Waals surface area contributed by atoms with E-state index in [1.807, 2.05) is 13.8 Å². The van der Waals surface area contributed by atoms with Gasteiger partial charge in [0, 0.05) is 25.4 Å². The summed E-state index contributed by atoms with van der Waals surface area (Å²) in [5, 5.41) is 9.41. The number of allylic oxidation sites excluding steroid dienone is 1. The predicted octanol–water partition coefficient (Wildman–Crippen LogP) is 3.51. The first kappa shape index (κ1) is 29.8. The molecule has 0 aromatic heterocycles. The SMILES string of the molecule is C=CCCCOC(=O)[C@H]1[C@H]2C(=O)N(CCCCO)C(C(=O)N(CC=C)c3ccc(OC)cc3)C23CC(C)[C@]1(C)O3. The smallest absolute Gasteiger partial charge is 0.312 e. The van der Waals surface area contributed by atoms with Crippen molar-refractivity contribution in [1.29, 1.82) is 0 Å². The Labute approximate surface area is 236 Å². The number of amides is 2. The third-order valence-corrected chi connectivity index (χ3v) is 8.87. The van der Waals surface area contributed by atoms with Crippen molar-refractivity contribution >= 4 is 23.5 Å². The predicted molar refractivity (Wildman–Crippen MR) is 151 cm³/mol. The maximum Gasteiger partial charge on any atom is 0.312 e. The molecular weight excluding hydrogens is 512 g/mol. The Balaban J connectivity index is 1.74. The molecule has 218 valence electrons. The molecule has 9 nitrogen and oxygen atoms in total. The number of aliphatic hydroxyl groups is 1. The van der Waals surface area contributed by atoms with Gasteiger partial charge in [-0.05, 0) is 69.2 Å². The lowest BCUT2D eigenvalue weighted by atomic mass is 9.62. The number of methoxy groups -OCH3 is 1. The minimum atomic E-state index is -1.17. The first-order chi connectivity index (χ1) is 19.2. The Morgan fingerprint density at radius 2 is 1.93 bits per heavy atom. The molecule has 1 N–H and O–H groups in total. The molecule has 0 aliphatic carbocycles. The minimum Gasteiger partial charge on any atom is -0.497 e. The number of benzene rings is 1. The van der Waals surface area contributed by atoms with Crippen LogP contribution in [0, 0.1) is 17.8 Å². The molecule has 1 aromatic rings. The summed E-state index contributed by atoms with van der Waals surface area (Å²) in [5.41, 5.74) is -1.47. The number of fused-ring (bicyclic) bond motifs is 1. The van der Waals surface area contributed by atoms with E-state index in [-0.39, 0.29) is 44.0 Å². The summed E-state index contributed by atoms with van der Waals surface area (Å²) in [4.78, 5) is 45.4. The van der Waals surface area contributed by atoms with Crippen molar-refractivity contribution in [2.24, 2.45) is 17.8 Å². The zero-order valence-corrected chi connectivity index (χ0v) is 23.8. The third kappa shape index (κ3) is 4.94. The average molecular weight is 555 g/mol. The largest absolute Gasteiger partial charge is 0.497 e. The summed E-state index contributed by atoms with van der Waals surface area (Å²) in [6.07, 6.45) is 6.25. The lowest BCUT2D eigenvalue weighted by Gasteiger charge is -2.37. The average Bonchev–Trinajstić information content (AvgIpc) is 3.46. The Bertz CT molecular complexity index is 1120. The number of carbonyl (C=O) groups is 3. The van der Waals surface area contributed by atoms with Crippen LogP contribution in [0.1, 0.15) is 46.0 Å². The monoisotopic (exact) mass is 554 g/mol. The number of carbonyl (C=O) groups excluding carboxylic acids is 3. The number of hydrogen-bond donors (Lipinski definition) is 1. The fraction of sp³-hybridized carbons (Fsp3) is 0.581. The molecule has 40 heavy (non-hydrogen) atoms. The molecule has 3 heterocycles. The first-order valence-electron chi connectivity index (χ1n) is 14.2. The molecule has 3 aliphatic rings. The molecule has 6 atom stereocenters. The van der Waals surface area contributed by atoms with E-state index in [0.29, 0.717) is 43.5 Å². The van der Waals surface area contributed by atoms with Crippen LogP contribution in [0.5, 0.6) is 5.75 Å². The molecule has 9 heteroatoms. The molecular formula is C31H42N2O7. The van der Waals surface area contributed by atoms with Crippen LogP contribution in [0.3, 0.4) is 0 Å². The number of hydrogen-bond acceptors (Lipinski definition) is 7. The molecule has 1 aromatic carbocycles. The number of unbranched alkanes of at least 4 members (excludes halogenated alkanes) is 2. The normalized spacial score (nSPS) is 30.2. The molecule has 2 bridgehead atoms. The van der Waals surface area contributed by atoms with Crippen molar-refractivity contribution < 1.29 is 33.7 Å². The zero-order valence-electron chi connectivity index (χ0n) is 23.8. The van der Waals surface area contributed by atoms with Crippen LogP contribution in [-0.2, 0) is 23.9 Å². The van der Waals surface area contributed by atoms with Crippen LogP contribution in [0.4, 0.5) is 5.69 Å². The van der Waals surface area contributed by atoms with Crippen molar-refractivity contribution in [1.82, 2.24) is 4.90 Å². The molecule has 3 aliphatic heterocycles. The van der Waals surface area contributed by atoms with E-state index in [1.54, 1.807) is 53.3 Å². The van der Waals surface area contributed by atoms with E-state index >= 15 is 0 Å². The Morgan fingerprint density at radius 1 is 1.20 bits per heavy atom. The zero-order chi connectivity index (χ0) is 29.1. The fourth-order valence-electron chi connectivity index (χ4n) is 6.86. The number of likely N-dealkylation sites (tertiary alicyclic amines) is 1. The van der Waals surface area contributed by atoms with Gasteiger partial charge < -0.3 is 29.1 Å². The van der Waals surface area contributed by atoms with Gasteiger partial charge >= 0.3 is 5.97 Å². The topological polar surface area (TPSA) is 106 Å². The van der Waals surface area contributed by atoms with E-state index in [2.05, 4.69) is 13.2 Å². The standard InChI is InChI=1S/C31H42N2O7/c1-6-8-11-19-39-29(37)25-24-27(35)33(17-9-10-18-34)26(31(24)20-21(3)30(25,4)40-31)28(36)32(16-7-2)22-12-14-23(38-5)15-13-22/h6-7,12-15,21,24-26,34H,1-2,8-11,16-20H2,3-5H3/t21?,24-,25+,26?,30-,31?/m0/s1. The molecule has 3 saturated heterocycles. The van der Waals surface area contributed by atoms with Crippen LogP contribution in [0.15, 0.2) is 49.6 Å².